The molecular weight excluding hydrogens is 288 g/mol. The molecule has 1 N–H and O–H groups in total. The largest absolute Gasteiger partial charge is 0.381 e. The highest BCUT2D eigenvalue weighted by atomic mass is 16.5. The molecule has 23 heavy (non-hydrogen) atoms. The monoisotopic (exact) mass is 314 g/mol. The van der Waals surface area contributed by atoms with Crippen molar-refractivity contribution in [3.8, 4) is 0 Å². The van der Waals surface area contributed by atoms with Crippen molar-refractivity contribution >= 4 is 11.2 Å². The van der Waals surface area contributed by atoms with Crippen molar-refractivity contribution in [1.29, 1.82) is 0 Å². The first kappa shape index (κ1) is 15.1. The molecule has 0 aliphatic carbocycles. The molecule has 0 amide bonds. The van der Waals surface area contributed by atoms with Crippen LogP contribution in [0.2, 0.25) is 0 Å². The molecule has 2 fully saturated rings. The van der Waals surface area contributed by atoms with Crippen molar-refractivity contribution in [3.63, 3.8) is 0 Å². The Labute approximate surface area is 137 Å². The lowest BCUT2D eigenvalue weighted by molar-refractivity contribution is 0.0612. The van der Waals surface area contributed by atoms with Gasteiger partial charge in [-0.05, 0) is 62.7 Å². The van der Waals surface area contributed by atoms with Gasteiger partial charge in [0.25, 0.3) is 0 Å². The predicted molar refractivity (Wildman–Crippen MR) is 90.4 cm³/mol. The quantitative estimate of drug-likeness (QED) is 0.941. The molecule has 124 valence electrons. The van der Waals surface area contributed by atoms with Gasteiger partial charge in [0.2, 0.25) is 0 Å². The van der Waals surface area contributed by atoms with Crippen LogP contribution in [0.25, 0.3) is 11.2 Å². The van der Waals surface area contributed by atoms with Crippen LogP contribution in [0, 0.1) is 11.8 Å². The summed E-state index contributed by atoms with van der Waals surface area (Å²) >= 11 is 0. The number of pyridine rings is 1. The summed E-state index contributed by atoms with van der Waals surface area (Å²) in [4.78, 5) is 9.53. The average Bonchev–Trinajstić information content (AvgIpc) is 2.94. The van der Waals surface area contributed by atoms with E-state index in [1.165, 1.54) is 18.7 Å². The summed E-state index contributed by atoms with van der Waals surface area (Å²) in [7, 11) is 0. The van der Waals surface area contributed by atoms with Crippen LogP contribution in [-0.2, 0) is 17.7 Å². The van der Waals surface area contributed by atoms with Gasteiger partial charge in [-0.25, -0.2) is 9.97 Å². The van der Waals surface area contributed by atoms with E-state index in [1.54, 1.807) is 0 Å². The number of aromatic nitrogens is 3. The van der Waals surface area contributed by atoms with Gasteiger partial charge in [-0.3, -0.25) is 0 Å². The molecule has 2 aromatic rings. The number of hydrogen-bond donors (Lipinski definition) is 1. The lowest BCUT2D eigenvalue weighted by atomic mass is 9.95. The van der Waals surface area contributed by atoms with Crippen LogP contribution < -0.4 is 5.32 Å². The zero-order valence-electron chi connectivity index (χ0n) is 13.7. The third-order valence-electron chi connectivity index (χ3n) is 5.23. The van der Waals surface area contributed by atoms with E-state index >= 15 is 0 Å². The summed E-state index contributed by atoms with van der Waals surface area (Å²) in [6.45, 7) is 5.11. The molecule has 2 saturated heterocycles. The fraction of sp³-hybridized carbons (Fsp3) is 0.667. The SMILES string of the molecule is c1cnc2c(c1)nc(CC1CCCNC1)n2CC1CCOCC1. The molecule has 4 heterocycles. The standard InChI is InChI=1S/C18H26N4O/c1-3-15(12-19-7-1)11-17-21-16-4-2-8-20-18(16)22(17)13-14-5-9-23-10-6-14/h2,4,8,14-15,19H,1,3,5-7,9-13H2. The molecule has 5 heteroatoms. The highest BCUT2D eigenvalue weighted by Gasteiger charge is 2.22. The third kappa shape index (κ3) is 3.40. The van der Waals surface area contributed by atoms with Crippen molar-refractivity contribution in [3.05, 3.63) is 24.2 Å². The molecule has 0 spiro atoms. The van der Waals surface area contributed by atoms with Crippen LogP contribution in [0.1, 0.15) is 31.5 Å². The van der Waals surface area contributed by atoms with Gasteiger partial charge in [0, 0.05) is 32.4 Å². The van der Waals surface area contributed by atoms with Gasteiger partial charge in [-0.2, -0.15) is 0 Å². The Morgan fingerprint density at radius 3 is 2.96 bits per heavy atom. The topological polar surface area (TPSA) is 52.0 Å². The van der Waals surface area contributed by atoms with E-state index < -0.39 is 0 Å². The molecule has 0 saturated carbocycles. The fourth-order valence-corrected chi connectivity index (χ4v) is 3.90. The molecule has 5 nitrogen and oxygen atoms in total. The molecule has 4 rings (SSSR count). The molecule has 0 aromatic carbocycles. The smallest absolute Gasteiger partial charge is 0.159 e. The zero-order chi connectivity index (χ0) is 15.5. The zero-order valence-corrected chi connectivity index (χ0v) is 13.7. The highest BCUT2D eigenvalue weighted by Crippen LogP contribution is 2.24. The third-order valence-corrected chi connectivity index (χ3v) is 5.23. The van der Waals surface area contributed by atoms with E-state index in [4.69, 9.17) is 9.72 Å². The van der Waals surface area contributed by atoms with Crippen LogP contribution in [0.4, 0.5) is 0 Å². The van der Waals surface area contributed by atoms with Gasteiger partial charge < -0.3 is 14.6 Å². The molecule has 2 aliphatic heterocycles. The van der Waals surface area contributed by atoms with Crippen LogP contribution in [0.3, 0.4) is 0 Å². The summed E-state index contributed by atoms with van der Waals surface area (Å²) in [5, 5.41) is 3.52. The van der Waals surface area contributed by atoms with Gasteiger partial charge in [-0.15, -0.1) is 0 Å². The van der Waals surface area contributed by atoms with Crippen LogP contribution >= 0.6 is 0 Å². The van der Waals surface area contributed by atoms with E-state index in [0.29, 0.717) is 11.8 Å². The van der Waals surface area contributed by atoms with Crippen molar-refractivity contribution in [2.75, 3.05) is 26.3 Å². The second-order valence-corrected chi connectivity index (χ2v) is 6.96. The van der Waals surface area contributed by atoms with Crippen molar-refractivity contribution < 1.29 is 4.74 Å². The van der Waals surface area contributed by atoms with Crippen molar-refractivity contribution in [1.82, 2.24) is 19.9 Å². The predicted octanol–water partition coefficient (Wildman–Crippen LogP) is 2.40. The minimum absolute atomic E-state index is 0.686. The van der Waals surface area contributed by atoms with E-state index in [9.17, 15) is 0 Å². The van der Waals surface area contributed by atoms with Gasteiger partial charge in [0.1, 0.15) is 11.3 Å². The lowest BCUT2D eigenvalue weighted by Crippen LogP contribution is -2.31. The van der Waals surface area contributed by atoms with Gasteiger partial charge in [0.05, 0.1) is 0 Å². The van der Waals surface area contributed by atoms with E-state index in [2.05, 4.69) is 20.9 Å². The molecule has 0 radical (unpaired) electrons. The molecule has 1 unspecified atom stereocenters. The van der Waals surface area contributed by atoms with Crippen LogP contribution in [0.5, 0.6) is 0 Å². The maximum atomic E-state index is 5.51. The Balaban J connectivity index is 1.60. The Kier molecular flexibility index (Phi) is 4.57. The first-order chi connectivity index (χ1) is 11.4. The highest BCUT2D eigenvalue weighted by molar-refractivity contribution is 5.71. The summed E-state index contributed by atoms with van der Waals surface area (Å²) in [6, 6.07) is 4.07. The summed E-state index contributed by atoms with van der Waals surface area (Å²) in [6.07, 6.45) is 7.83. The van der Waals surface area contributed by atoms with Gasteiger partial charge in [0.15, 0.2) is 5.65 Å². The Bertz CT molecular complexity index is 642. The molecule has 0 bridgehead atoms. The second kappa shape index (κ2) is 6.97. The number of nitrogens with one attached hydrogen (secondary N) is 1. The number of hydrogen-bond acceptors (Lipinski definition) is 4. The summed E-state index contributed by atoms with van der Waals surface area (Å²) in [5.41, 5.74) is 2.09. The molecular formula is C18H26N4O. The van der Waals surface area contributed by atoms with E-state index in [0.717, 1.165) is 63.3 Å². The minimum Gasteiger partial charge on any atom is -0.381 e. The molecule has 2 aromatic heterocycles. The summed E-state index contributed by atoms with van der Waals surface area (Å²) in [5.74, 6) is 2.61. The van der Waals surface area contributed by atoms with E-state index in [1.807, 2.05) is 12.3 Å². The molecule has 1 atom stereocenters. The number of nitrogens with zero attached hydrogens (tertiary/aromatic N) is 3. The number of ether oxygens (including phenoxy) is 1. The number of rotatable bonds is 4. The summed E-state index contributed by atoms with van der Waals surface area (Å²) < 4.78 is 7.90. The maximum absolute atomic E-state index is 5.51. The minimum atomic E-state index is 0.686. The number of piperidine rings is 1. The van der Waals surface area contributed by atoms with Gasteiger partial charge >= 0.3 is 0 Å². The first-order valence-corrected chi connectivity index (χ1v) is 8.99. The van der Waals surface area contributed by atoms with Gasteiger partial charge in [-0.1, -0.05) is 0 Å². The van der Waals surface area contributed by atoms with E-state index in [-0.39, 0.29) is 0 Å². The number of imidazole rings is 1. The lowest BCUT2D eigenvalue weighted by Gasteiger charge is -2.25. The Morgan fingerprint density at radius 1 is 1.22 bits per heavy atom. The fourth-order valence-electron chi connectivity index (χ4n) is 3.90. The van der Waals surface area contributed by atoms with Crippen LogP contribution in [0.15, 0.2) is 18.3 Å². The van der Waals surface area contributed by atoms with Crippen molar-refractivity contribution in [2.24, 2.45) is 11.8 Å². The maximum Gasteiger partial charge on any atom is 0.159 e. The second-order valence-electron chi connectivity index (χ2n) is 6.96. The Hall–Kier alpha value is -1.46. The first-order valence-electron chi connectivity index (χ1n) is 8.99. The normalized spacial score (nSPS) is 23.4. The van der Waals surface area contributed by atoms with Crippen LogP contribution in [-0.4, -0.2) is 40.8 Å². The molecule has 2 aliphatic rings. The van der Waals surface area contributed by atoms with Crippen molar-refractivity contribution in [2.45, 2.75) is 38.6 Å². The average molecular weight is 314 g/mol. The number of fused-ring (bicyclic) bond motifs is 1. The Morgan fingerprint density at radius 2 is 2.13 bits per heavy atom.